The van der Waals surface area contributed by atoms with Crippen LogP contribution in [0.2, 0.25) is 0 Å². The van der Waals surface area contributed by atoms with Crippen LogP contribution in [0.25, 0.3) is 0 Å². The number of carbonyl (C=O) groups is 1. The maximum absolute atomic E-state index is 12.5. The second-order valence-electron chi connectivity index (χ2n) is 6.15. The Balaban J connectivity index is 1.87. The molecular weight excluding hydrogens is 355 g/mol. The molecule has 0 radical (unpaired) electrons. The van der Waals surface area contributed by atoms with Crippen LogP contribution >= 0.6 is 11.6 Å². The molecule has 1 aromatic carbocycles. The molecule has 138 valence electrons. The topological polar surface area (TPSA) is 29.5 Å². The summed E-state index contributed by atoms with van der Waals surface area (Å²) < 4.78 is 42.8. The summed E-state index contributed by atoms with van der Waals surface area (Å²) >= 11 is 5.63. The van der Waals surface area contributed by atoms with E-state index in [4.69, 9.17) is 16.3 Å². The first-order chi connectivity index (χ1) is 11.8. The van der Waals surface area contributed by atoms with Crippen LogP contribution in [0.3, 0.4) is 0 Å². The first kappa shape index (κ1) is 19.6. The number of rotatable bonds is 4. The molecule has 1 fully saturated rings. The summed E-state index contributed by atoms with van der Waals surface area (Å²) in [6.07, 6.45) is 2.74. The third kappa shape index (κ3) is 5.66. The second kappa shape index (κ2) is 8.61. The molecule has 25 heavy (non-hydrogen) atoms. The molecule has 0 heterocycles. The highest BCUT2D eigenvalue weighted by atomic mass is 35.5. The summed E-state index contributed by atoms with van der Waals surface area (Å²) in [5.41, 5.74) is -0.774. The Morgan fingerprint density at radius 2 is 1.84 bits per heavy atom. The van der Waals surface area contributed by atoms with Gasteiger partial charge in [0.05, 0.1) is 5.56 Å². The number of halogens is 4. The highest BCUT2D eigenvalue weighted by Crippen LogP contribution is 2.31. The summed E-state index contributed by atoms with van der Waals surface area (Å²) in [6.45, 7) is 0. The number of hydrogen-bond acceptors (Lipinski definition) is 2. The summed E-state index contributed by atoms with van der Waals surface area (Å²) in [5.74, 6) is 1.08. The highest BCUT2D eigenvalue weighted by Gasteiger charge is 2.30. The van der Waals surface area contributed by atoms with Crippen LogP contribution in [0.15, 0.2) is 36.4 Å². The zero-order valence-electron chi connectivity index (χ0n) is 13.9. The van der Waals surface area contributed by atoms with E-state index in [2.05, 4.69) is 6.08 Å². The van der Waals surface area contributed by atoms with Crippen molar-refractivity contribution in [2.75, 3.05) is 12.9 Å². The predicted octanol–water partition coefficient (Wildman–Crippen LogP) is 5.49. The van der Waals surface area contributed by atoms with Gasteiger partial charge in [-0.2, -0.15) is 13.2 Å². The number of nitrogens with zero attached hydrogens (tertiary/aromatic N) is 1. The van der Waals surface area contributed by atoms with Crippen molar-refractivity contribution in [3.8, 4) is 5.75 Å². The standard InChI is InChI=1S/C18H21ClF3NO2/c1-23(15-8-4-13(5-9-15)3-2-12-19)17(24)25-16-10-6-14(7-11-16)18(20,21)22/h2-3,6-7,10-11,13,15H,4-5,8-9,12H2,1H3/b3-2+/t13-,15-. The van der Waals surface area contributed by atoms with E-state index in [1.165, 1.54) is 4.90 Å². The minimum absolute atomic E-state index is 0.0719. The lowest BCUT2D eigenvalue weighted by Crippen LogP contribution is -2.40. The van der Waals surface area contributed by atoms with E-state index in [0.29, 0.717) is 11.8 Å². The molecule has 0 bridgehead atoms. The summed E-state index contributed by atoms with van der Waals surface area (Å²) in [4.78, 5) is 13.7. The van der Waals surface area contributed by atoms with Crippen molar-refractivity contribution >= 4 is 17.7 Å². The van der Waals surface area contributed by atoms with E-state index in [-0.39, 0.29) is 11.8 Å². The third-order valence-corrected chi connectivity index (χ3v) is 4.64. The summed E-state index contributed by atoms with van der Waals surface area (Å²) in [6, 6.07) is 4.18. The maximum atomic E-state index is 12.5. The highest BCUT2D eigenvalue weighted by molar-refractivity contribution is 6.18. The van der Waals surface area contributed by atoms with Gasteiger partial charge in [0, 0.05) is 19.0 Å². The van der Waals surface area contributed by atoms with E-state index in [0.717, 1.165) is 49.9 Å². The first-order valence-corrected chi connectivity index (χ1v) is 8.69. The van der Waals surface area contributed by atoms with Gasteiger partial charge in [-0.25, -0.2) is 4.79 Å². The molecular formula is C18H21ClF3NO2. The molecule has 0 unspecified atom stereocenters. The summed E-state index contributed by atoms with van der Waals surface area (Å²) in [5, 5.41) is 0. The van der Waals surface area contributed by atoms with Gasteiger partial charge in [0.25, 0.3) is 0 Å². The van der Waals surface area contributed by atoms with Gasteiger partial charge < -0.3 is 9.64 Å². The Labute approximate surface area is 150 Å². The van der Waals surface area contributed by atoms with Crippen LogP contribution in [-0.4, -0.2) is 30.0 Å². The Kier molecular flexibility index (Phi) is 6.76. The van der Waals surface area contributed by atoms with Gasteiger partial charge in [-0.1, -0.05) is 12.2 Å². The van der Waals surface area contributed by atoms with Crippen molar-refractivity contribution in [1.29, 1.82) is 0 Å². The lowest BCUT2D eigenvalue weighted by Gasteiger charge is -2.33. The van der Waals surface area contributed by atoms with Crippen LogP contribution in [0.5, 0.6) is 5.75 Å². The van der Waals surface area contributed by atoms with E-state index in [9.17, 15) is 18.0 Å². The molecule has 0 N–H and O–H groups in total. The molecule has 0 saturated heterocycles. The van der Waals surface area contributed by atoms with Crippen LogP contribution in [0.1, 0.15) is 31.2 Å². The van der Waals surface area contributed by atoms with Crippen molar-refractivity contribution in [3.63, 3.8) is 0 Å². The molecule has 3 nitrogen and oxygen atoms in total. The number of alkyl halides is 4. The Hall–Kier alpha value is -1.69. The molecule has 1 amide bonds. The zero-order valence-corrected chi connectivity index (χ0v) is 14.7. The molecule has 0 spiro atoms. The SMILES string of the molecule is CN(C(=O)Oc1ccc(C(F)(F)F)cc1)[C@H]1CC[C@H](/C=C/CCl)CC1. The van der Waals surface area contributed by atoms with Crippen LogP contribution in [0, 0.1) is 5.92 Å². The number of allylic oxidation sites excluding steroid dienone is 2. The fraction of sp³-hybridized carbons (Fsp3) is 0.500. The Bertz CT molecular complexity index is 593. The maximum Gasteiger partial charge on any atom is 0.416 e. The van der Waals surface area contributed by atoms with Crippen LogP contribution in [0.4, 0.5) is 18.0 Å². The third-order valence-electron chi connectivity index (χ3n) is 4.46. The Morgan fingerprint density at radius 1 is 1.24 bits per heavy atom. The number of benzene rings is 1. The van der Waals surface area contributed by atoms with E-state index < -0.39 is 17.8 Å². The van der Waals surface area contributed by atoms with Gasteiger partial charge in [0.15, 0.2) is 0 Å². The molecule has 1 aliphatic carbocycles. The molecule has 7 heteroatoms. The number of hydrogen-bond donors (Lipinski definition) is 0. The molecule has 0 aliphatic heterocycles. The zero-order chi connectivity index (χ0) is 18.4. The fourth-order valence-electron chi connectivity index (χ4n) is 2.96. The van der Waals surface area contributed by atoms with Crippen molar-refractivity contribution in [3.05, 3.63) is 42.0 Å². The molecule has 2 rings (SSSR count). The average molecular weight is 376 g/mol. The largest absolute Gasteiger partial charge is 0.416 e. The molecule has 0 aromatic heterocycles. The monoisotopic (exact) mass is 375 g/mol. The van der Waals surface area contributed by atoms with Gasteiger partial charge in [0.1, 0.15) is 5.75 Å². The van der Waals surface area contributed by atoms with Gasteiger partial charge in [-0.15, -0.1) is 11.6 Å². The quantitative estimate of drug-likeness (QED) is 0.514. The van der Waals surface area contributed by atoms with Crippen molar-refractivity contribution < 1.29 is 22.7 Å². The molecule has 1 aromatic rings. The fourth-order valence-corrected chi connectivity index (χ4v) is 3.06. The average Bonchev–Trinajstić information content (AvgIpc) is 2.59. The second-order valence-corrected chi connectivity index (χ2v) is 6.46. The lowest BCUT2D eigenvalue weighted by atomic mass is 9.85. The summed E-state index contributed by atoms with van der Waals surface area (Å²) in [7, 11) is 1.66. The van der Waals surface area contributed by atoms with Gasteiger partial charge in [0.2, 0.25) is 0 Å². The minimum atomic E-state index is -4.41. The lowest BCUT2D eigenvalue weighted by molar-refractivity contribution is -0.137. The normalized spacial score (nSPS) is 21.3. The van der Waals surface area contributed by atoms with Gasteiger partial charge >= 0.3 is 12.3 Å². The van der Waals surface area contributed by atoms with E-state index in [1.54, 1.807) is 7.05 Å². The number of amides is 1. The van der Waals surface area contributed by atoms with Crippen molar-refractivity contribution in [1.82, 2.24) is 4.90 Å². The predicted molar refractivity (Wildman–Crippen MR) is 90.8 cm³/mol. The van der Waals surface area contributed by atoms with E-state index in [1.807, 2.05) is 6.08 Å². The van der Waals surface area contributed by atoms with Gasteiger partial charge in [-0.3, -0.25) is 0 Å². The van der Waals surface area contributed by atoms with Crippen LogP contribution in [-0.2, 0) is 6.18 Å². The van der Waals surface area contributed by atoms with Crippen molar-refractivity contribution in [2.45, 2.75) is 37.9 Å². The molecule has 0 atom stereocenters. The molecule has 1 aliphatic rings. The number of ether oxygens (including phenoxy) is 1. The smallest absolute Gasteiger partial charge is 0.410 e. The van der Waals surface area contributed by atoms with Crippen molar-refractivity contribution in [2.24, 2.45) is 5.92 Å². The minimum Gasteiger partial charge on any atom is -0.410 e. The van der Waals surface area contributed by atoms with Gasteiger partial charge in [-0.05, 0) is 55.9 Å². The Morgan fingerprint density at radius 3 is 2.36 bits per heavy atom. The van der Waals surface area contributed by atoms with Crippen LogP contribution < -0.4 is 4.74 Å². The molecule has 1 saturated carbocycles. The van der Waals surface area contributed by atoms with E-state index >= 15 is 0 Å². The first-order valence-electron chi connectivity index (χ1n) is 8.15. The number of carbonyl (C=O) groups excluding carboxylic acids is 1.